The van der Waals surface area contributed by atoms with Crippen LogP contribution in [0.3, 0.4) is 0 Å². The van der Waals surface area contributed by atoms with E-state index in [1.165, 1.54) is 0 Å². The van der Waals surface area contributed by atoms with Gasteiger partial charge in [-0.25, -0.2) is 4.98 Å². The molecule has 3 nitrogen and oxygen atoms in total. The van der Waals surface area contributed by atoms with Crippen LogP contribution in [-0.4, -0.2) is 16.1 Å². The molecule has 15 heavy (non-hydrogen) atoms. The molecule has 0 fully saturated rings. The van der Waals surface area contributed by atoms with Gasteiger partial charge in [-0.3, -0.25) is 0 Å². The molecule has 0 spiro atoms. The highest BCUT2D eigenvalue weighted by Gasteiger charge is 2.00. The fourth-order valence-electron chi connectivity index (χ4n) is 0.913. The minimum Gasteiger partial charge on any atom is -0.357 e. The Hall–Kier alpha value is -1.13. The molecule has 0 bridgehead atoms. The summed E-state index contributed by atoms with van der Waals surface area (Å²) in [7, 11) is 0. The standard InChI is InChI=1S/C10H12ClN3S/c1-3-7(2)13-10(15)14-8-4-5-12-9(11)6-8/h3-7H,1H2,2H3,(H2,12,13,14,15)/t7-/m1/s1. The van der Waals surface area contributed by atoms with E-state index in [4.69, 9.17) is 23.8 Å². The van der Waals surface area contributed by atoms with Crippen molar-refractivity contribution in [3.63, 3.8) is 0 Å². The van der Waals surface area contributed by atoms with Gasteiger partial charge in [0.15, 0.2) is 5.11 Å². The maximum atomic E-state index is 5.73. The predicted octanol–water partition coefficient (Wildman–Crippen LogP) is 2.60. The highest BCUT2D eigenvalue weighted by Crippen LogP contribution is 2.11. The molecule has 2 N–H and O–H groups in total. The largest absolute Gasteiger partial charge is 0.357 e. The van der Waals surface area contributed by atoms with Crippen LogP contribution in [0.2, 0.25) is 5.15 Å². The first-order valence-electron chi connectivity index (χ1n) is 4.43. The van der Waals surface area contributed by atoms with Gasteiger partial charge in [0.05, 0.1) is 0 Å². The Bertz CT molecular complexity index is 367. The van der Waals surface area contributed by atoms with E-state index >= 15 is 0 Å². The first-order valence-corrected chi connectivity index (χ1v) is 5.22. The molecule has 1 rings (SSSR count). The molecule has 0 aliphatic carbocycles. The first-order chi connectivity index (χ1) is 7.11. The monoisotopic (exact) mass is 241 g/mol. The Labute approximate surface area is 99.5 Å². The van der Waals surface area contributed by atoms with Crippen molar-refractivity contribution in [2.75, 3.05) is 5.32 Å². The molecule has 1 aromatic rings. The van der Waals surface area contributed by atoms with Crippen molar-refractivity contribution >= 4 is 34.6 Å². The van der Waals surface area contributed by atoms with Gasteiger partial charge in [-0.1, -0.05) is 17.7 Å². The molecule has 1 heterocycles. The maximum absolute atomic E-state index is 5.73. The summed E-state index contributed by atoms with van der Waals surface area (Å²) in [5, 5.41) is 6.99. The van der Waals surface area contributed by atoms with Crippen LogP contribution < -0.4 is 10.6 Å². The lowest BCUT2D eigenvalue weighted by molar-refractivity contribution is 0.815. The Morgan fingerprint density at radius 2 is 2.47 bits per heavy atom. The molecular weight excluding hydrogens is 230 g/mol. The number of rotatable bonds is 3. The van der Waals surface area contributed by atoms with Crippen LogP contribution in [-0.2, 0) is 0 Å². The molecule has 0 unspecified atom stereocenters. The van der Waals surface area contributed by atoms with Gasteiger partial charge in [-0.2, -0.15) is 0 Å². The topological polar surface area (TPSA) is 37.0 Å². The molecule has 80 valence electrons. The van der Waals surface area contributed by atoms with Gasteiger partial charge in [-0.05, 0) is 31.3 Å². The number of hydrogen-bond donors (Lipinski definition) is 2. The number of thiocarbonyl (C=S) groups is 1. The number of hydrogen-bond acceptors (Lipinski definition) is 2. The van der Waals surface area contributed by atoms with E-state index in [-0.39, 0.29) is 6.04 Å². The number of nitrogens with zero attached hydrogens (tertiary/aromatic N) is 1. The number of anilines is 1. The van der Waals surface area contributed by atoms with E-state index in [1.54, 1.807) is 24.4 Å². The van der Waals surface area contributed by atoms with Crippen LogP contribution >= 0.6 is 23.8 Å². The first kappa shape index (κ1) is 11.9. The van der Waals surface area contributed by atoms with Crippen molar-refractivity contribution in [3.8, 4) is 0 Å². The molecule has 1 aromatic heterocycles. The number of aromatic nitrogens is 1. The van der Waals surface area contributed by atoms with Gasteiger partial charge in [0.1, 0.15) is 5.15 Å². The molecule has 0 saturated carbocycles. The van der Waals surface area contributed by atoms with Crippen LogP contribution in [0, 0.1) is 0 Å². The minimum atomic E-state index is 0.127. The lowest BCUT2D eigenvalue weighted by Crippen LogP contribution is -2.34. The smallest absolute Gasteiger partial charge is 0.171 e. The van der Waals surface area contributed by atoms with Gasteiger partial charge >= 0.3 is 0 Å². The summed E-state index contributed by atoms with van der Waals surface area (Å²) in [4.78, 5) is 3.87. The second-order valence-electron chi connectivity index (χ2n) is 2.99. The normalized spacial score (nSPS) is 11.6. The summed E-state index contributed by atoms with van der Waals surface area (Å²) in [5.74, 6) is 0. The number of pyridine rings is 1. The molecule has 0 aliphatic heterocycles. The van der Waals surface area contributed by atoms with Crippen LogP contribution in [0.25, 0.3) is 0 Å². The summed E-state index contributed by atoms with van der Waals surface area (Å²) in [6, 6.07) is 3.62. The van der Waals surface area contributed by atoms with Gasteiger partial charge < -0.3 is 10.6 Å². The van der Waals surface area contributed by atoms with E-state index < -0.39 is 0 Å². The molecule has 0 aliphatic rings. The van der Waals surface area contributed by atoms with Crippen molar-refractivity contribution in [3.05, 3.63) is 36.1 Å². The van der Waals surface area contributed by atoms with Gasteiger partial charge in [-0.15, -0.1) is 6.58 Å². The van der Waals surface area contributed by atoms with Gasteiger partial charge in [0.25, 0.3) is 0 Å². The Kier molecular flexibility index (Phi) is 4.52. The average molecular weight is 242 g/mol. The molecular formula is C10H12ClN3S. The van der Waals surface area contributed by atoms with Crippen LogP contribution in [0.15, 0.2) is 31.0 Å². The molecule has 1 atom stereocenters. The number of nitrogens with one attached hydrogen (secondary N) is 2. The van der Waals surface area contributed by atoms with Crippen LogP contribution in [0.1, 0.15) is 6.92 Å². The molecule has 0 aromatic carbocycles. The fourth-order valence-corrected chi connectivity index (χ4v) is 1.39. The molecule has 0 saturated heterocycles. The second-order valence-corrected chi connectivity index (χ2v) is 3.79. The van der Waals surface area contributed by atoms with E-state index in [0.29, 0.717) is 10.3 Å². The van der Waals surface area contributed by atoms with Gasteiger partial charge in [0.2, 0.25) is 0 Å². The lowest BCUT2D eigenvalue weighted by Gasteiger charge is -2.13. The zero-order chi connectivity index (χ0) is 11.3. The zero-order valence-corrected chi connectivity index (χ0v) is 9.90. The van der Waals surface area contributed by atoms with E-state index in [9.17, 15) is 0 Å². The minimum absolute atomic E-state index is 0.127. The Morgan fingerprint density at radius 1 is 1.73 bits per heavy atom. The third kappa shape index (κ3) is 4.27. The summed E-state index contributed by atoms with van der Waals surface area (Å²) in [5.41, 5.74) is 0.809. The predicted molar refractivity (Wildman–Crippen MR) is 68.3 cm³/mol. The number of halogens is 1. The molecule has 5 heteroatoms. The van der Waals surface area contributed by atoms with E-state index in [2.05, 4.69) is 22.2 Å². The third-order valence-electron chi connectivity index (χ3n) is 1.70. The maximum Gasteiger partial charge on any atom is 0.171 e. The lowest BCUT2D eigenvalue weighted by atomic mass is 10.3. The Morgan fingerprint density at radius 3 is 3.07 bits per heavy atom. The highest BCUT2D eigenvalue weighted by atomic mass is 35.5. The van der Waals surface area contributed by atoms with Crippen molar-refractivity contribution in [2.45, 2.75) is 13.0 Å². The van der Waals surface area contributed by atoms with Crippen LogP contribution in [0.4, 0.5) is 5.69 Å². The summed E-state index contributed by atoms with van der Waals surface area (Å²) in [6.07, 6.45) is 3.39. The summed E-state index contributed by atoms with van der Waals surface area (Å²) >= 11 is 10.8. The molecule has 0 radical (unpaired) electrons. The van der Waals surface area contributed by atoms with Gasteiger partial charge in [0, 0.05) is 17.9 Å². The van der Waals surface area contributed by atoms with Crippen molar-refractivity contribution in [2.24, 2.45) is 0 Å². The van der Waals surface area contributed by atoms with Crippen molar-refractivity contribution < 1.29 is 0 Å². The zero-order valence-electron chi connectivity index (χ0n) is 8.33. The summed E-state index contributed by atoms with van der Waals surface area (Å²) < 4.78 is 0. The fraction of sp³-hybridized carbons (Fsp3) is 0.200. The van der Waals surface area contributed by atoms with E-state index in [1.807, 2.05) is 6.92 Å². The van der Waals surface area contributed by atoms with Crippen LogP contribution in [0.5, 0.6) is 0 Å². The molecule has 0 amide bonds. The average Bonchev–Trinajstić information content (AvgIpc) is 2.17. The van der Waals surface area contributed by atoms with Crippen molar-refractivity contribution in [1.82, 2.24) is 10.3 Å². The third-order valence-corrected chi connectivity index (χ3v) is 2.12. The quantitative estimate of drug-likeness (QED) is 0.485. The summed E-state index contributed by atoms with van der Waals surface area (Å²) in [6.45, 7) is 5.61. The SMILES string of the molecule is C=C[C@@H](C)NC(=S)Nc1ccnc(Cl)c1. The highest BCUT2D eigenvalue weighted by molar-refractivity contribution is 7.80. The van der Waals surface area contributed by atoms with E-state index in [0.717, 1.165) is 5.69 Å². The Balaban J connectivity index is 2.55. The second kappa shape index (κ2) is 5.68. The van der Waals surface area contributed by atoms with Crippen molar-refractivity contribution in [1.29, 1.82) is 0 Å².